The molecule has 0 unspecified atom stereocenters. The van der Waals surface area contributed by atoms with Crippen LogP contribution in [0.4, 0.5) is 35.3 Å². The van der Waals surface area contributed by atoms with Gasteiger partial charge in [-0.05, 0) is 80.0 Å². The molecule has 1 atom stereocenters. The van der Waals surface area contributed by atoms with E-state index in [4.69, 9.17) is 9.72 Å². The number of hydrogen-bond donors (Lipinski definition) is 3. The van der Waals surface area contributed by atoms with Crippen LogP contribution in [0.1, 0.15) is 38.2 Å². The molecule has 3 heterocycles. The summed E-state index contributed by atoms with van der Waals surface area (Å²) in [6, 6.07) is 9.38. The van der Waals surface area contributed by atoms with Crippen molar-refractivity contribution in [1.29, 1.82) is 0 Å². The van der Waals surface area contributed by atoms with Crippen LogP contribution in [0.15, 0.2) is 30.3 Å². The quantitative estimate of drug-likeness (QED) is 0.471. The highest BCUT2D eigenvalue weighted by Gasteiger charge is 2.39. The van der Waals surface area contributed by atoms with E-state index in [0.717, 1.165) is 41.4 Å². The van der Waals surface area contributed by atoms with Gasteiger partial charge in [0.05, 0.1) is 18.8 Å². The van der Waals surface area contributed by atoms with Crippen LogP contribution in [0.5, 0.6) is 0 Å². The number of amides is 2. The summed E-state index contributed by atoms with van der Waals surface area (Å²) in [5, 5.41) is 16.5. The zero-order chi connectivity index (χ0) is 27.8. The summed E-state index contributed by atoms with van der Waals surface area (Å²) in [6.45, 7) is 6.94. The van der Waals surface area contributed by atoms with E-state index in [0.29, 0.717) is 44.7 Å². The first-order valence-electron chi connectivity index (χ1n) is 13.5. The van der Waals surface area contributed by atoms with Crippen LogP contribution in [0.3, 0.4) is 0 Å². The standard InChI is InChI=1S/C28H36F3N5O3/c1-18-3-4-21(33-26(37)36-6-5-19(17-36)14-28(29,30)31)13-23(18)20-11-24(32-22-15-27(2,38)16-22)34-25(12-20)35-7-9-39-10-8-35/h3-4,11-13,19,22,38H,5-10,14-17H2,1-2H3,(H,32,34)(H,33,37)/t19-,22?,27?/m0/s1. The van der Waals surface area contributed by atoms with E-state index in [1.54, 1.807) is 6.07 Å². The minimum Gasteiger partial charge on any atom is -0.390 e. The first-order chi connectivity index (χ1) is 18.4. The van der Waals surface area contributed by atoms with Crippen LogP contribution < -0.4 is 15.5 Å². The lowest BCUT2D eigenvalue weighted by molar-refractivity contribution is -0.143. The van der Waals surface area contributed by atoms with Crippen molar-refractivity contribution in [2.24, 2.45) is 5.92 Å². The number of anilines is 3. The van der Waals surface area contributed by atoms with Crippen molar-refractivity contribution in [3.05, 3.63) is 35.9 Å². The maximum atomic E-state index is 12.9. The number of halogens is 3. The number of rotatable bonds is 6. The lowest BCUT2D eigenvalue weighted by Gasteiger charge is -2.41. The van der Waals surface area contributed by atoms with E-state index >= 15 is 0 Å². The monoisotopic (exact) mass is 547 g/mol. The summed E-state index contributed by atoms with van der Waals surface area (Å²) in [7, 11) is 0. The number of hydrogen-bond acceptors (Lipinski definition) is 6. The number of likely N-dealkylation sites (tertiary alicyclic amines) is 1. The number of morpholine rings is 1. The molecule has 11 heteroatoms. The number of benzene rings is 1. The first-order valence-corrected chi connectivity index (χ1v) is 13.5. The highest BCUT2D eigenvalue weighted by Crippen LogP contribution is 2.36. The normalized spacial score (nSPS) is 25.4. The maximum Gasteiger partial charge on any atom is 0.389 e. The predicted molar refractivity (Wildman–Crippen MR) is 144 cm³/mol. The van der Waals surface area contributed by atoms with Crippen molar-refractivity contribution in [3.8, 4) is 11.1 Å². The van der Waals surface area contributed by atoms with Gasteiger partial charge in [0.15, 0.2) is 0 Å². The van der Waals surface area contributed by atoms with Gasteiger partial charge in [-0.15, -0.1) is 0 Å². The Bertz CT molecular complexity index is 1190. The van der Waals surface area contributed by atoms with Crippen molar-refractivity contribution in [2.75, 3.05) is 54.9 Å². The molecule has 5 rings (SSSR count). The van der Waals surface area contributed by atoms with E-state index < -0.39 is 30.1 Å². The average Bonchev–Trinajstić information content (AvgIpc) is 3.31. The molecule has 2 aromatic rings. The average molecular weight is 548 g/mol. The summed E-state index contributed by atoms with van der Waals surface area (Å²) in [6.07, 6.45) is -3.45. The molecule has 1 aliphatic carbocycles. The predicted octanol–water partition coefficient (Wildman–Crippen LogP) is 5.03. The van der Waals surface area contributed by atoms with Crippen LogP contribution >= 0.6 is 0 Å². The van der Waals surface area contributed by atoms with Gasteiger partial charge in [0.25, 0.3) is 0 Å². The molecule has 2 saturated heterocycles. The molecule has 3 fully saturated rings. The van der Waals surface area contributed by atoms with Gasteiger partial charge < -0.3 is 30.3 Å². The highest BCUT2D eigenvalue weighted by molar-refractivity contribution is 5.91. The number of aryl methyl sites for hydroxylation is 1. The Hall–Kier alpha value is -3.05. The van der Waals surface area contributed by atoms with Gasteiger partial charge in [-0.25, -0.2) is 9.78 Å². The third-order valence-electron chi connectivity index (χ3n) is 7.76. The number of carbonyl (C=O) groups is 1. The Morgan fingerprint density at radius 1 is 1.18 bits per heavy atom. The Balaban J connectivity index is 1.35. The van der Waals surface area contributed by atoms with Crippen molar-refractivity contribution < 1.29 is 27.8 Å². The molecule has 3 aliphatic rings. The van der Waals surface area contributed by atoms with Gasteiger partial charge in [-0.2, -0.15) is 13.2 Å². The number of carbonyl (C=O) groups excluding carboxylic acids is 1. The number of pyridine rings is 1. The molecular formula is C28H36F3N5O3. The van der Waals surface area contributed by atoms with E-state index in [9.17, 15) is 23.1 Å². The minimum absolute atomic E-state index is 0.0976. The fourth-order valence-corrected chi connectivity index (χ4v) is 5.74. The summed E-state index contributed by atoms with van der Waals surface area (Å²) in [5.74, 6) is 0.979. The molecule has 212 valence electrons. The fourth-order valence-electron chi connectivity index (χ4n) is 5.74. The number of alkyl halides is 3. The molecule has 3 N–H and O–H groups in total. The summed E-state index contributed by atoms with van der Waals surface area (Å²) in [5.41, 5.74) is 2.78. The van der Waals surface area contributed by atoms with Gasteiger partial charge in [0.1, 0.15) is 11.6 Å². The second-order valence-corrected chi connectivity index (χ2v) is 11.3. The molecular weight excluding hydrogens is 511 g/mol. The molecule has 0 radical (unpaired) electrons. The van der Waals surface area contributed by atoms with Gasteiger partial charge in [0.2, 0.25) is 0 Å². The highest BCUT2D eigenvalue weighted by atomic mass is 19.4. The van der Waals surface area contributed by atoms with E-state index in [1.807, 2.05) is 38.1 Å². The van der Waals surface area contributed by atoms with E-state index in [1.165, 1.54) is 4.90 Å². The second-order valence-electron chi connectivity index (χ2n) is 11.3. The van der Waals surface area contributed by atoms with Crippen LogP contribution in [0, 0.1) is 12.8 Å². The topological polar surface area (TPSA) is 90.0 Å². The molecule has 8 nitrogen and oxygen atoms in total. The van der Waals surface area contributed by atoms with Crippen LogP contribution in [-0.4, -0.2) is 78.2 Å². The molecule has 0 spiro atoms. The number of ether oxygens (including phenoxy) is 1. The Kier molecular flexibility index (Phi) is 7.65. The van der Waals surface area contributed by atoms with E-state index in [-0.39, 0.29) is 12.6 Å². The molecule has 1 saturated carbocycles. The van der Waals surface area contributed by atoms with Crippen molar-refractivity contribution in [3.63, 3.8) is 0 Å². The molecule has 39 heavy (non-hydrogen) atoms. The second kappa shape index (κ2) is 10.8. The Morgan fingerprint density at radius 3 is 2.62 bits per heavy atom. The number of aromatic nitrogens is 1. The van der Waals surface area contributed by atoms with Crippen LogP contribution in [-0.2, 0) is 4.74 Å². The van der Waals surface area contributed by atoms with Gasteiger partial charge >= 0.3 is 12.2 Å². The zero-order valence-corrected chi connectivity index (χ0v) is 22.4. The molecule has 1 aromatic heterocycles. The van der Waals surface area contributed by atoms with Crippen molar-refractivity contribution in [1.82, 2.24) is 9.88 Å². The van der Waals surface area contributed by atoms with E-state index in [2.05, 4.69) is 15.5 Å². The van der Waals surface area contributed by atoms with Crippen molar-refractivity contribution >= 4 is 23.4 Å². The molecule has 0 bridgehead atoms. The van der Waals surface area contributed by atoms with Crippen LogP contribution in [0.25, 0.3) is 11.1 Å². The Labute approximate surface area is 226 Å². The van der Waals surface area contributed by atoms with Gasteiger partial charge in [-0.3, -0.25) is 0 Å². The SMILES string of the molecule is Cc1ccc(NC(=O)N2CC[C@@H](CC(F)(F)F)C2)cc1-c1cc(NC2CC(C)(O)C2)nc(N2CCOCC2)c1. The number of aliphatic hydroxyl groups is 1. The zero-order valence-electron chi connectivity index (χ0n) is 22.4. The van der Waals surface area contributed by atoms with Crippen LogP contribution in [0.2, 0.25) is 0 Å². The molecule has 1 aromatic carbocycles. The molecule has 2 amide bonds. The third kappa shape index (κ3) is 6.94. The minimum atomic E-state index is -4.22. The summed E-state index contributed by atoms with van der Waals surface area (Å²) in [4.78, 5) is 21.4. The first kappa shape index (κ1) is 27.5. The largest absolute Gasteiger partial charge is 0.390 e. The molecule has 2 aliphatic heterocycles. The fraction of sp³-hybridized carbons (Fsp3) is 0.571. The lowest BCUT2D eigenvalue weighted by Crippen LogP contribution is -2.48. The van der Waals surface area contributed by atoms with Gasteiger partial charge in [0, 0.05) is 44.3 Å². The Morgan fingerprint density at radius 2 is 1.92 bits per heavy atom. The number of urea groups is 1. The number of nitrogens with zero attached hydrogens (tertiary/aromatic N) is 3. The van der Waals surface area contributed by atoms with Gasteiger partial charge in [-0.1, -0.05) is 6.07 Å². The maximum absolute atomic E-state index is 12.9. The van der Waals surface area contributed by atoms with Crippen molar-refractivity contribution in [2.45, 2.75) is 57.3 Å². The summed E-state index contributed by atoms with van der Waals surface area (Å²) < 4.78 is 43.9. The summed E-state index contributed by atoms with van der Waals surface area (Å²) >= 11 is 0. The smallest absolute Gasteiger partial charge is 0.389 e. The number of nitrogens with one attached hydrogen (secondary N) is 2. The third-order valence-corrected chi connectivity index (χ3v) is 7.76. The lowest BCUT2D eigenvalue weighted by atomic mass is 9.77.